The second-order valence-corrected chi connectivity index (χ2v) is 6.08. The summed E-state index contributed by atoms with van der Waals surface area (Å²) < 4.78 is 5.96. The Hall–Kier alpha value is -1.49. The van der Waals surface area contributed by atoms with Gasteiger partial charge in [0.1, 0.15) is 16.2 Å². The van der Waals surface area contributed by atoms with E-state index in [4.69, 9.17) is 4.74 Å². The van der Waals surface area contributed by atoms with Crippen molar-refractivity contribution < 1.29 is 4.74 Å². The standard InChI is InChI=1S/C14H16BrN3O/c1-14(2,3)13-17-11(6-12(15)18-13)9-5-10(19-4)8-16-7-9/h5-8H,1-4H3. The molecule has 0 bridgehead atoms. The molecule has 0 spiro atoms. The van der Waals surface area contributed by atoms with Crippen LogP contribution in [0.1, 0.15) is 26.6 Å². The summed E-state index contributed by atoms with van der Waals surface area (Å²) in [5.41, 5.74) is 1.64. The van der Waals surface area contributed by atoms with Crippen LogP contribution in [0.4, 0.5) is 0 Å². The van der Waals surface area contributed by atoms with Crippen LogP contribution < -0.4 is 4.74 Å². The fraction of sp³-hybridized carbons (Fsp3) is 0.357. The lowest BCUT2D eigenvalue weighted by atomic mass is 9.95. The Kier molecular flexibility index (Phi) is 3.85. The highest BCUT2D eigenvalue weighted by Crippen LogP contribution is 2.26. The summed E-state index contributed by atoms with van der Waals surface area (Å²) in [7, 11) is 1.62. The zero-order valence-electron chi connectivity index (χ0n) is 11.4. The van der Waals surface area contributed by atoms with Crippen molar-refractivity contribution >= 4 is 15.9 Å². The number of methoxy groups -OCH3 is 1. The van der Waals surface area contributed by atoms with E-state index in [1.54, 1.807) is 19.5 Å². The van der Waals surface area contributed by atoms with Crippen molar-refractivity contribution in [2.45, 2.75) is 26.2 Å². The fourth-order valence-electron chi connectivity index (χ4n) is 1.57. The fourth-order valence-corrected chi connectivity index (χ4v) is 1.96. The summed E-state index contributed by atoms with van der Waals surface area (Å²) in [6, 6.07) is 3.79. The van der Waals surface area contributed by atoms with Gasteiger partial charge in [-0.25, -0.2) is 9.97 Å². The number of rotatable bonds is 2. The van der Waals surface area contributed by atoms with Gasteiger partial charge in [0.15, 0.2) is 0 Å². The SMILES string of the molecule is COc1cncc(-c2cc(Br)nc(C(C)(C)C)n2)c1. The minimum absolute atomic E-state index is 0.106. The molecule has 2 aromatic heterocycles. The van der Waals surface area contributed by atoms with E-state index >= 15 is 0 Å². The summed E-state index contributed by atoms with van der Waals surface area (Å²) in [6.07, 6.45) is 3.44. The molecule has 0 saturated carbocycles. The highest BCUT2D eigenvalue weighted by Gasteiger charge is 2.19. The van der Waals surface area contributed by atoms with Crippen LogP contribution in [-0.2, 0) is 5.41 Å². The lowest BCUT2D eigenvalue weighted by Gasteiger charge is -2.17. The van der Waals surface area contributed by atoms with E-state index in [-0.39, 0.29) is 5.41 Å². The smallest absolute Gasteiger partial charge is 0.137 e. The van der Waals surface area contributed by atoms with Gasteiger partial charge in [0.05, 0.1) is 19.0 Å². The summed E-state index contributed by atoms with van der Waals surface area (Å²) >= 11 is 3.44. The Morgan fingerprint density at radius 2 is 1.84 bits per heavy atom. The van der Waals surface area contributed by atoms with Gasteiger partial charge in [-0.05, 0) is 28.1 Å². The Morgan fingerprint density at radius 3 is 2.47 bits per heavy atom. The summed E-state index contributed by atoms with van der Waals surface area (Å²) in [5, 5.41) is 0. The lowest BCUT2D eigenvalue weighted by Crippen LogP contribution is -2.16. The molecule has 0 aliphatic heterocycles. The van der Waals surface area contributed by atoms with E-state index in [1.165, 1.54) is 0 Å². The molecule has 5 heteroatoms. The Labute approximate surface area is 121 Å². The molecule has 0 aliphatic carbocycles. The van der Waals surface area contributed by atoms with Crippen molar-refractivity contribution in [2.24, 2.45) is 0 Å². The average Bonchev–Trinajstić information content (AvgIpc) is 2.37. The van der Waals surface area contributed by atoms with Crippen LogP contribution in [0.3, 0.4) is 0 Å². The van der Waals surface area contributed by atoms with Crippen LogP contribution in [0.15, 0.2) is 29.1 Å². The van der Waals surface area contributed by atoms with Crippen LogP contribution in [0, 0.1) is 0 Å². The molecule has 100 valence electrons. The van der Waals surface area contributed by atoms with Crippen molar-refractivity contribution in [3.05, 3.63) is 35.0 Å². The summed E-state index contributed by atoms with van der Waals surface area (Å²) in [6.45, 7) is 6.26. The predicted molar refractivity (Wildman–Crippen MR) is 78.2 cm³/mol. The molecular formula is C14H16BrN3O. The van der Waals surface area contributed by atoms with Crippen molar-refractivity contribution in [3.8, 4) is 17.0 Å². The quantitative estimate of drug-likeness (QED) is 0.793. The molecule has 4 nitrogen and oxygen atoms in total. The third-order valence-corrected chi connectivity index (χ3v) is 3.02. The number of ether oxygens (including phenoxy) is 1. The van der Waals surface area contributed by atoms with Gasteiger partial charge in [-0.1, -0.05) is 20.8 Å². The van der Waals surface area contributed by atoms with Gasteiger partial charge in [0.25, 0.3) is 0 Å². The maximum atomic E-state index is 5.19. The lowest BCUT2D eigenvalue weighted by molar-refractivity contribution is 0.413. The maximum Gasteiger partial charge on any atom is 0.137 e. The molecule has 0 aromatic carbocycles. The van der Waals surface area contributed by atoms with Gasteiger partial charge < -0.3 is 4.74 Å². The van der Waals surface area contributed by atoms with Crippen molar-refractivity contribution in [2.75, 3.05) is 7.11 Å². The number of pyridine rings is 1. The second-order valence-electron chi connectivity index (χ2n) is 5.26. The molecule has 0 atom stereocenters. The molecule has 0 amide bonds. The molecule has 0 unspecified atom stereocenters. The molecule has 0 fully saturated rings. The minimum atomic E-state index is -0.106. The van der Waals surface area contributed by atoms with E-state index in [0.29, 0.717) is 5.75 Å². The largest absolute Gasteiger partial charge is 0.495 e. The third kappa shape index (κ3) is 3.29. The second kappa shape index (κ2) is 5.25. The molecule has 0 radical (unpaired) electrons. The average molecular weight is 322 g/mol. The van der Waals surface area contributed by atoms with Crippen molar-refractivity contribution in [1.82, 2.24) is 15.0 Å². The van der Waals surface area contributed by atoms with Crippen LogP contribution in [0.2, 0.25) is 0 Å². The van der Waals surface area contributed by atoms with Crippen molar-refractivity contribution in [1.29, 1.82) is 0 Å². The topological polar surface area (TPSA) is 47.9 Å². The first-order valence-electron chi connectivity index (χ1n) is 5.94. The molecule has 0 aliphatic rings. The van der Waals surface area contributed by atoms with Gasteiger partial charge in [-0.15, -0.1) is 0 Å². The Bertz CT molecular complexity index is 593. The summed E-state index contributed by atoms with van der Waals surface area (Å²) in [4.78, 5) is 13.2. The van der Waals surface area contributed by atoms with E-state index in [0.717, 1.165) is 21.7 Å². The number of aromatic nitrogens is 3. The molecular weight excluding hydrogens is 306 g/mol. The van der Waals surface area contributed by atoms with Crippen LogP contribution in [0.5, 0.6) is 5.75 Å². The number of hydrogen-bond donors (Lipinski definition) is 0. The van der Waals surface area contributed by atoms with E-state index < -0.39 is 0 Å². The van der Waals surface area contributed by atoms with E-state index in [2.05, 4.69) is 51.7 Å². The minimum Gasteiger partial charge on any atom is -0.495 e. The molecule has 19 heavy (non-hydrogen) atoms. The Morgan fingerprint density at radius 1 is 1.11 bits per heavy atom. The highest BCUT2D eigenvalue weighted by molar-refractivity contribution is 9.10. The number of halogens is 1. The van der Waals surface area contributed by atoms with Crippen LogP contribution in [0.25, 0.3) is 11.3 Å². The molecule has 2 rings (SSSR count). The third-order valence-electron chi connectivity index (χ3n) is 2.61. The van der Waals surface area contributed by atoms with Crippen LogP contribution in [-0.4, -0.2) is 22.1 Å². The molecule has 0 saturated heterocycles. The zero-order valence-corrected chi connectivity index (χ0v) is 13.0. The monoisotopic (exact) mass is 321 g/mol. The van der Waals surface area contributed by atoms with Gasteiger partial charge in [-0.2, -0.15) is 0 Å². The van der Waals surface area contributed by atoms with Gasteiger partial charge in [0, 0.05) is 17.2 Å². The molecule has 2 aromatic rings. The number of hydrogen-bond acceptors (Lipinski definition) is 4. The van der Waals surface area contributed by atoms with E-state index in [1.807, 2.05) is 12.1 Å². The first-order valence-corrected chi connectivity index (χ1v) is 6.74. The first-order chi connectivity index (χ1) is 8.90. The first kappa shape index (κ1) is 13.9. The molecule has 2 heterocycles. The highest BCUT2D eigenvalue weighted by atomic mass is 79.9. The summed E-state index contributed by atoms with van der Waals surface area (Å²) in [5.74, 6) is 1.50. The number of nitrogens with zero attached hydrogens (tertiary/aromatic N) is 3. The molecule has 0 N–H and O–H groups in total. The van der Waals surface area contributed by atoms with Gasteiger partial charge in [0.2, 0.25) is 0 Å². The maximum absolute atomic E-state index is 5.19. The normalized spacial score (nSPS) is 11.4. The zero-order chi connectivity index (χ0) is 14.0. The Balaban J connectivity index is 2.53. The van der Waals surface area contributed by atoms with Gasteiger partial charge in [-0.3, -0.25) is 4.98 Å². The predicted octanol–water partition coefficient (Wildman–Crippen LogP) is 3.61. The van der Waals surface area contributed by atoms with Crippen molar-refractivity contribution in [3.63, 3.8) is 0 Å². The van der Waals surface area contributed by atoms with Crippen LogP contribution >= 0.6 is 15.9 Å². The van der Waals surface area contributed by atoms with Gasteiger partial charge >= 0.3 is 0 Å². The van der Waals surface area contributed by atoms with E-state index in [9.17, 15) is 0 Å².